The molecular weight excluding hydrogens is 288 g/mol. The maximum absolute atomic E-state index is 12.5. The van der Waals surface area contributed by atoms with Crippen molar-refractivity contribution in [2.45, 2.75) is 57.2 Å². The fraction of sp³-hybridized carbons (Fsp3) is 0.750. The zero-order chi connectivity index (χ0) is 15.5. The van der Waals surface area contributed by atoms with Crippen LogP contribution in [-0.2, 0) is 23.8 Å². The van der Waals surface area contributed by atoms with Crippen LogP contribution in [0.1, 0.15) is 33.1 Å². The van der Waals surface area contributed by atoms with Crippen LogP contribution in [0.2, 0.25) is 0 Å². The Balaban J connectivity index is 1.75. The highest BCUT2D eigenvalue weighted by Gasteiger charge is 2.83. The third-order valence-electron chi connectivity index (χ3n) is 6.68. The Morgan fingerprint density at radius 3 is 2.68 bits per heavy atom. The molecule has 0 bridgehead atoms. The van der Waals surface area contributed by atoms with Gasteiger partial charge in [0.15, 0.2) is 5.60 Å². The second-order valence-electron chi connectivity index (χ2n) is 7.71. The van der Waals surface area contributed by atoms with Crippen LogP contribution in [-0.4, -0.2) is 41.1 Å². The lowest BCUT2D eigenvalue weighted by Crippen LogP contribution is -2.59. The summed E-state index contributed by atoms with van der Waals surface area (Å²) in [4.78, 5) is 24.3. The minimum Gasteiger partial charge on any atom is -0.459 e. The Hall–Kier alpha value is -1.40. The Bertz CT molecular complexity index is 655. The SMILES string of the molecule is C[C@@]12CCC[C@]3(C)C4=CC(=O)OC(O)[C@]45O[C@@H]5[C@@H](OC1=O)[C@@H]23. The number of ether oxygens (including phenoxy) is 3. The highest BCUT2D eigenvalue weighted by molar-refractivity contribution is 5.87. The predicted molar refractivity (Wildman–Crippen MR) is 71.2 cm³/mol. The molecular formula is C16H18O6. The average molecular weight is 306 g/mol. The van der Waals surface area contributed by atoms with Gasteiger partial charge in [-0.15, -0.1) is 0 Å². The summed E-state index contributed by atoms with van der Waals surface area (Å²) in [6, 6.07) is 0. The van der Waals surface area contributed by atoms with Crippen LogP contribution in [0, 0.1) is 16.7 Å². The van der Waals surface area contributed by atoms with E-state index in [4.69, 9.17) is 14.2 Å². The van der Waals surface area contributed by atoms with Crippen molar-refractivity contribution in [1.82, 2.24) is 0 Å². The van der Waals surface area contributed by atoms with Crippen LogP contribution in [0.3, 0.4) is 0 Å². The molecule has 0 aromatic heterocycles. The molecule has 118 valence electrons. The molecule has 4 fully saturated rings. The van der Waals surface area contributed by atoms with Gasteiger partial charge in [0, 0.05) is 12.0 Å². The molecule has 3 heterocycles. The van der Waals surface area contributed by atoms with Crippen molar-refractivity contribution in [2.75, 3.05) is 0 Å². The van der Waals surface area contributed by atoms with E-state index in [1.807, 2.05) is 6.92 Å². The van der Waals surface area contributed by atoms with Crippen LogP contribution in [0.4, 0.5) is 0 Å². The Kier molecular flexibility index (Phi) is 2.03. The maximum atomic E-state index is 12.5. The summed E-state index contributed by atoms with van der Waals surface area (Å²) in [5, 5.41) is 10.3. The number of epoxide rings is 1. The largest absolute Gasteiger partial charge is 0.459 e. The standard InChI is InChI=1S/C16H18O6/c1-14-4-3-5-15(2)10(14)9(21-12(15)18)11-16(22-11)7(14)6-8(17)20-13(16)19/h6,9-11,13,19H,3-5H2,1-2H3/t9-,10+,11+,13?,14+,15-,16-/m0/s1. The molecule has 2 saturated carbocycles. The second-order valence-corrected chi connectivity index (χ2v) is 7.71. The third kappa shape index (κ3) is 1.12. The van der Waals surface area contributed by atoms with E-state index >= 15 is 0 Å². The van der Waals surface area contributed by atoms with Crippen LogP contribution >= 0.6 is 0 Å². The average Bonchev–Trinajstić information content (AvgIpc) is 3.11. The second kappa shape index (κ2) is 3.41. The van der Waals surface area contributed by atoms with Gasteiger partial charge >= 0.3 is 11.9 Å². The molecule has 5 aliphatic rings. The zero-order valence-corrected chi connectivity index (χ0v) is 12.5. The monoisotopic (exact) mass is 306 g/mol. The van der Waals surface area contributed by atoms with Gasteiger partial charge in [-0.05, 0) is 30.8 Å². The summed E-state index contributed by atoms with van der Waals surface area (Å²) in [5.41, 5.74) is -1.15. The molecule has 7 atom stereocenters. The van der Waals surface area contributed by atoms with E-state index in [-0.39, 0.29) is 18.0 Å². The van der Waals surface area contributed by atoms with Gasteiger partial charge in [0.1, 0.15) is 12.2 Å². The van der Waals surface area contributed by atoms with E-state index in [0.717, 1.165) is 24.8 Å². The van der Waals surface area contributed by atoms with Crippen molar-refractivity contribution < 1.29 is 28.9 Å². The van der Waals surface area contributed by atoms with Crippen molar-refractivity contribution in [2.24, 2.45) is 16.7 Å². The van der Waals surface area contributed by atoms with Gasteiger partial charge in [-0.25, -0.2) is 4.79 Å². The fourth-order valence-electron chi connectivity index (χ4n) is 5.77. The molecule has 3 aliphatic heterocycles. The quantitative estimate of drug-likeness (QED) is 0.523. The Morgan fingerprint density at radius 1 is 1.18 bits per heavy atom. The van der Waals surface area contributed by atoms with Gasteiger partial charge in [0.2, 0.25) is 6.29 Å². The van der Waals surface area contributed by atoms with Crippen LogP contribution < -0.4 is 0 Å². The maximum Gasteiger partial charge on any atom is 0.333 e. The molecule has 22 heavy (non-hydrogen) atoms. The molecule has 0 radical (unpaired) electrons. The molecule has 1 N–H and O–H groups in total. The molecule has 2 aliphatic carbocycles. The topological polar surface area (TPSA) is 85.4 Å². The van der Waals surface area contributed by atoms with Gasteiger partial charge in [-0.3, -0.25) is 4.79 Å². The first-order valence-electron chi connectivity index (χ1n) is 7.84. The first kappa shape index (κ1) is 13.1. The summed E-state index contributed by atoms with van der Waals surface area (Å²) < 4.78 is 16.5. The molecule has 6 nitrogen and oxygen atoms in total. The third-order valence-corrected chi connectivity index (χ3v) is 6.68. The summed E-state index contributed by atoms with van der Waals surface area (Å²) in [7, 11) is 0. The van der Waals surface area contributed by atoms with E-state index < -0.39 is 34.8 Å². The highest BCUT2D eigenvalue weighted by atomic mass is 16.7. The number of aliphatic hydroxyl groups excluding tert-OH is 1. The number of fused-ring (bicyclic) bond motifs is 2. The molecule has 1 spiro atoms. The highest BCUT2D eigenvalue weighted by Crippen LogP contribution is 2.72. The van der Waals surface area contributed by atoms with E-state index in [2.05, 4.69) is 6.92 Å². The van der Waals surface area contributed by atoms with Crippen molar-refractivity contribution in [3.05, 3.63) is 11.6 Å². The summed E-state index contributed by atoms with van der Waals surface area (Å²) in [6.07, 6.45) is 1.89. The number of hydrogen-bond donors (Lipinski definition) is 1. The first-order valence-corrected chi connectivity index (χ1v) is 7.84. The molecule has 0 aromatic carbocycles. The van der Waals surface area contributed by atoms with Crippen molar-refractivity contribution in [1.29, 1.82) is 0 Å². The number of cyclic esters (lactones) is 1. The number of hydrogen-bond acceptors (Lipinski definition) is 6. The number of aliphatic hydroxyl groups is 1. The summed E-state index contributed by atoms with van der Waals surface area (Å²) in [5.74, 6) is -0.745. The van der Waals surface area contributed by atoms with E-state index in [1.54, 1.807) is 0 Å². The smallest absolute Gasteiger partial charge is 0.333 e. The van der Waals surface area contributed by atoms with Crippen molar-refractivity contribution >= 4 is 11.9 Å². The van der Waals surface area contributed by atoms with Crippen molar-refractivity contribution in [3.8, 4) is 0 Å². The van der Waals surface area contributed by atoms with E-state index in [1.165, 1.54) is 6.08 Å². The molecule has 6 heteroatoms. The summed E-state index contributed by atoms with van der Waals surface area (Å²) >= 11 is 0. The van der Waals surface area contributed by atoms with E-state index in [0.29, 0.717) is 0 Å². The number of esters is 2. The Morgan fingerprint density at radius 2 is 1.91 bits per heavy atom. The molecule has 0 amide bonds. The minimum atomic E-state index is -1.32. The van der Waals surface area contributed by atoms with Gasteiger partial charge in [0.05, 0.1) is 5.41 Å². The molecule has 0 aromatic rings. The fourth-order valence-corrected chi connectivity index (χ4v) is 5.77. The lowest BCUT2D eigenvalue weighted by molar-refractivity contribution is -0.179. The van der Waals surface area contributed by atoms with Gasteiger partial charge < -0.3 is 19.3 Å². The number of carbonyl (C=O) groups is 2. The van der Waals surface area contributed by atoms with Gasteiger partial charge in [-0.2, -0.15) is 0 Å². The zero-order valence-electron chi connectivity index (χ0n) is 12.5. The normalized spacial score (nSPS) is 57.9. The predicted octanol–water partition coefficient (Wildman–Crippen LogP) is 0.677. The van der Waals surface area contributed by atoms with Gasteiger partial charge in [-0.1, -0.05) is 13.3 Å². The van der Waals surface area contributed by atoms with E-state index in [9.17, 15) is 14.7 Å². The molecule has 2 saturated heterocycles. The molecule has 5 rings (SSSR count). The lowest BCUT2D eigenvalue weighted by Gasteiger charge is -2.53. The number of rotatable bonds is 0. The van der Waals surface area contributed by atoms with Crippen LogP contribution in [0.15, 0.2) is 11.6 Å². The van der Waals surface area contributed by atoms with Crippen LogP contribution in [0.5, 0.6) is 0 Å². The van der Waals surface area contributed by atoms with Gasteiger partial charge in [0.25, 0.3) is 0 Å². The molecule has 1 unspecified atom stereocenters. The number of carbonyl (C=O) groups excluding carboxylic acids is 2. The summed E-state index contributed by atoms with van der Waals surface area (Å²) in [6.45, 7) is 4.03. The van der Waals surface area contributed by atoms with Crippen molar-refractivity contribution in [3.63, 3.8) is 0 Å². The lowest BCUT2D eigenvalue weighted by atomic mass is 9.48. The Labute approximate surface area is 127 Å². The minimum absolute atomic E-state index is 0.0220. The van der Waals surface area contributed by atoms with Crippen LogP contribution in [0.25, 0.3) is 0 Å². The first-order chi connectivity index (χ1) is 10.3.